The summed E-state index contributed by atoms with van der Waals surface area (Å²) in [6.07, 6.45) is -0.864. The quantitative estimate of drug-likeness (QED) is 0.259. The number of carbonyl (C=O) groups excluding carboxylic acids is 1. The fraction of sp³-hybridized carbons (Fsp3) is 0.321. The predicted molar refractivity (Wildman–Crippen MR) is 142 cm³/mol. The van der Waals surface area contributed by atoms with Crippen LogP contribution in [0.5, 0.6) is 5.75 Å². The number of carbonyl (C=O) groups is 1. The van der Waals surface area contributed by atoms with E-state index in [1.807, 2.05) is 18.2 Å². The Bertz CT molecular complexity index is 1330. The lowest BCUT2D eigenvalue weighted by Gasteiger charge is -2.25. The Kier molecular flexibility index (Phi) is 10.9. The van der Waals surface area contributed by atoms with E-state index >= 15 is 0 Å². The Hall–Kier alpha value is -3.38. The standard InChI is InChI=1S/C28H32F2N2O6S/c1-37-24-5-3-4-20(14-24)17-31-18-27(33)26(15-21-12-22(29)16-23(30)13-21)32-39(35,36)25-9-6-19(7-10-25)8-11-28(34)38-2/h3-7,9-10,12-14,16,26-27,31-33H,8,11,15,17-18H2,1-2H3. The number of methoxy groups -OCH3 is 2. The molecule has 3 N–H and O–H groups in total. The summed E-state index contributed by atoms with van der Waals surface area (Å²) in [6.45, 7) is 0.365. The number of benzene rings is 3. The molecule has 0 bridgehead atoms. The third-order valence-electron chi connectivity index (χ3n) is 6.04. The van der Waals surface area contributed by atoms with Crippen LogP contribution in [-0.4, -0.2) is 52.4 Å². The summed E-state index contributed by atoms with van der Waals surface area (Å²) in [7, 11) is -1.27. The molecule has 11 heteroatoms. The number of halogens is 2. The minimum atomic E-state index is -4.12. The highest BCUT2D eigenvalue weighted by atomic mass is 32.2. The van der Waals surface area contributed by atoms with Crippen molar-refractivity contribution >= 4 is 16.0 Å². The number of hydrogen-bond donors (Lipinski definition) is 3. The molecule has 0 spiro atoms. The molecule has 0 radical (unpaired) electrons. The van der Waals surface area contributed by atoms with Crippen molar-refractivity contribution in [2.75, 3.05) is 20.8 Å². The highest BCUT2D eigenvalue weighted by Crippen LogP contribution is 2.17. The van der Waals surface area contributed by atoms with Gasteiger partial charge in [-0.25, -0.2) is 21.9 Å². The average Bonchev–Trinajstić information content (AvgIpc) is 2.91. The van der Waals surface area contributed by atoms with E-state index in [0.717, 1.165) is 29.3 Å². The normalized spacial score (nSPS) is 13.1. The molecule has 0 saturated carbocycles. The SMILES string of the molecule is COC(=O)CCc1ccc(S(=O)(=O)NC(Cc2cc(F)cc(F)c2)C(O)CNCc2cccc(OC)c2)cc1. The lowest BCUT2D eigenvalue weighted by molar-refractivity contribution is -0.140. The van der Waals surface area contributed by atoms with E-state index in [-0.39, 0.29) is 35.8 Å². The Morgan fingerprint density at radius 2 is 1.64 bits per heavy atom. The summed E-state index contributed by atoms with van der Waals surface area (Å²) in [4.78, 5) is 11.3. The molecule has 0 aliphatic rings. The third kappa shape index (κ3) is 9.39. The Labute approximate surface area is 227 Å². The van der Waals surface area contributed by atoms with Gasteiger partial charge in [-0.1, -0.05) is 24.3 Å². The molecule has 0 fully saturated rings. The molecule has 2 atom stereocenters. The average molecular weight is 563 g/mol. The summed E-state index contributed by atoms with van der Waals surface area (Å²) in [5.41, 5.74) is 1.82. The Morgan fingerprint density at radius 1 is 0.949 bits per heavy atom. The van der Waals surface area contributed by atoms with E-state index in [1.54, 1.807) is 25.3 Å². The van der Waals surface area contributed by atoms with Crippen molar-refractivity contribution in [3.05, 3.63) is 95.1 Å². The molecule has 0 aliphatic carbocycles. The number of rotatable bonds is 14. The fourth-order valence-electron chi connectivity index (χ4n) is 3.98. The number of ether oxygens (including phenoxy) is 2. The largest absolute Gasteiger partial charge is 0.497 e. The van der Waals surface area contributed by atoms with Crippen molar-refractivity contribution in [1.29, 1.82) is 0 Å². The lowest BCUT2D eigenvalue weighted by Crippen LogP contribution is -2.48. The molecule has 0 heterocycles. The minimum Gasteiger partial charge on any atom is -0.497 e. The van der Waals surface area contributed by atoms with Crippen molar-refractivity contribution in [3.63, 3.8) is 0 Å². The first-order chi connectivity index (χ1) is 18.6. The molecule has 0 amide bonds. The van der Waals surface area contributed by atoms with Crippen molar-refractivity contribution in [2.24, 2.45) is 0 Å². The molecule has 2 unspecified atom stereocenters. The van der Waals surface area contributed by atoms with Crippen LogP contribution in [-0.2, 0) is 38.9 Å². The zero-order chi connectivity index (χ0) is 28.4. The van der Waals surface area contributed by atoms with Gasteiger partial charge in [0.1, 0.15) is 17.4 Å². The van der Waals surface area contributed by atoms with Crippen LogP contribution in [0.25, 0.3) is 0 Å². The molecule has 3 aromatic rings. The first-order valence-electron chi connectivity index (χ1n) is 12.2. The van der Waals surface area contributed by atoms with E-state index in [1.165, 1.54) is 19.2 Å². The van der Waals surface area contributed by atoms with Crippen molar-refractivity contribution < 1.29 is 36.6 Å². The maximum Gasteiger partial charge on any atom is 0.305 e. The van der Waals surface area contributed by atoms with Gasteiger partial charge in [0.15, 0.2) is 0 Å². The molecule has 8 nitrogen and oxygen atoms in total. The van der Waals surface area contributed by atoms with E-state index in [2.05, 4.69) is 14.8 Å². The molecule has 0 saturated heterocycles. The van der Waals surface area contributed by atoms with Gasteiger partial charge in [-0.3, -0.25) is 4.79 Å². The first-order valence-corrected chi connectivity index (χ1v) is 13.7. The summed E-state index contributed by atoms with van der Waals surface area (Å²) in [5.74, 6) is -1.32. The highest BCUT2D eigenvalue weighted by molar-refractivity contribution is 7.89. The van der Waals surface area contributed by atoms with E-state index in [9.17, 15) is 27.1 Å². The molecule has 3 rings (SSSR count). The zero-order valence-corrected chi connectivity index (χ0v) is 22.5. The van der Waals surface area contributed by atoms with Gasteiger partial charge in [-0.05, 0) is 65.9 Å². The topological polar surface area (TPSA) is 114 Å². The molecule has 210 valence electrons. The minimum absolute atomic E-state index is 0.00530. The maximum absolute atomic E-state index is 13.8. The van der Waals surface area contributed by atoms with Gasteiger partial charge in [0.2, 0.25) is 10.0 Å². The number of nitrogens with one attached hydrogen (secondary N) is 2. The first kappa shape index (κ1) is 30.2. The molecule has 39 heavy (non-hydrogen) atoms. The molecule has 3 aromatic carbocycles. The van der Waals surface area contributed by atoms with Gasteiger partial charge < -0.3 is 19.9 Å². The van der Waals surface area contributed by atoms with Crippen LogP contribution < -0.4 is 14.8 Å². The number of aliphatic hydroxyl groups excluding tert-OH is 1. The van der Waals surface area contributed by atoms with Crippen molar-refractivity contribution in [2.45, 2.75) is 42.8 Å². The van der Waals surface area contributed by atoms with Crippen molar-refractivity contribution in [3.8, 4) is 5.75 Å². The maximum atomic E-state index is 13.8. The van der Waals surface area contributed by atoms with Gasteiger partial charge >= 0.3 is 5.97 Å². The summed E-state index contributed by atoms with van der Waals surface area (Å²) in [5, 5.41) is 14.0. The van der Waals surface area contributed by atoms with Gasteiger partial charge in [-0.2, -0.15) is 0 Å². The van der Waals surface area contributed by atoms with E-state index in [4.69, 9.17) is 4.74 Å². The summed E-state index contributed by atoms with van der Waals surface area (Å²) >= 11 is 0. The number of aryl methyl sites for hydroxylation is 1. The van der Waals surface area contributed by atoms with Crippen LogP contribution >= 0.6 is 0 Å². The summed E-state index contributed by atoms with van der Waals surface area (Å²) < 4.78 is 66.3. The van der Waals surface area contributed by atoms with Crippen LogP contribution in [0.3, 0.4) is 0 Å². The van der Waals surface area contributed by atoms with Crippen LogP contribution in [0, 0.1) is 11.6 Å². The highest BCUT2D eigenvalue weighted by Gasteiger charge is 2.27. The number of hydrogen-bond acceptors (Lipinski definition) is 7. The fourth-order valence-corrected chi connectivity index (χ4v) is 5.25. The van der Waals surface area contributed by atoms with Crippen LogP contribution in [0.1, 0.15) is 23.1 Å². The monoisotopic (exact) mass is 562 g/mol. The van der Waals surface area contributed by atoms with Gasteiger partial charge in [0.25, 0.3) is 0 Å². The number of sulfonamides is 1. The van der Waals surface area contributed by atoms with Gasteiger partial charge in [0.05, 0.1) is 31.3 Å². The lowest BCUT2D eigenvalue weighted by atomic mass is 10.0. The van der Waals surface area contributed by atoms with Crippen molar-refractivity contribution in [1.82, 2.24) is 10.0 Å². The van der Waals surface area contributed by atoms with Gasteiger partial charge in [0, 0.05) is 25.6 Å². The third-order valence-corrected chi connectivity index (χ3v) is 7.55. The Balaban J connectivity index is 1.74. The molecular formula is C28H32F2N2O6S. The summed E-state index contributed by atoms with van der Waals surface area (Å²) in [6, 6.07) is 15.1. The Morgan fingerprint density at radius 3 is 2.28 bits per heavy atom. The number of aliphatic hydroxyl groups is 1. The molecule has 0 aromatic heterocycles. The van der Waals surface area contributed by atoms with Crippen LogP contribution in [0.4, 0.5) is 8.78 Å². The smallest absolute Gasteiger partial charge is 0.305 e. The van der Waals surface area contributed by atoms with E-state index in [0.29, 0.717) is 18.7 Å². The molecule has 0 aliphatic heterocycles. The van der Waals surface area contributed by atoms with E-state index < -0.39 is 33.8 Å². The zero-order valence-electron chi connectivity index (χ0n) is 21.7. The second-order valence-corrected chi connectivity index (χ2v) is 10.7. The van der Waals surface area contributed by atoms with Crippen LogP contribution in [0.15, 0.2) is 71.6 Å². The number of esters is 1. The predicted octanol–water partition coefficient (Wildman–Crippen LogP) is 3.12. The molecular weight excluding hydrogens is 530 g/mol. The second-order valence-electron chi connectivity index (χ2n) is 8.98. The van der Waals surface area contributed by atoms with Crippen LogP contribution in [0.2, 0.25) is 0 Å². The van der Waals surface area contributed by atoms with Gasteiger partial charge in [-0.15, -0.1) is 0 Å². The second kappa shape index (κ2) is 14.1.